The van der Waals surface area contributed by atoms with E-state index in [4.69, 9.17) is 4.74 Å². The highest BCUT2D eigenvalue weighted by Gasteiger charge is 2.10. The van der Waals surface area contributed by atoms with Gasteiger partial charge in [0.15, 0.2) is 0 Å². The van der Waals surface area contributed by atoms with E-state index in [1.807, 2.05) is 19.1 Å². The number of rotatable bonds is 5. The van der Waals surface area contributed by atoms with E-state index in [0.717, 1.165) is 0 Å². The predicted octanol–water partition coefficient (Wildman–Crippen LogP) is 2.58. The first-order chi connectivity index (χ1) is 9.60. The molecule has 2 aromatic rings. The van der Waals surface area contributed by atoms with Crippen molar-refractivity contribution in [2.75, 3.05) is 11.9 Å². The Balaban J connectivity index is 2.03. The van der Waals surface area contributed by atoms with Crippen LogP contribution in [0.4, 0.5) is 5.95 Å². The zero-order chi connectivity index (χ0) is 14.5. The monoisotopic (exact) mass is 274 g/mol. The van der Waals surface area contributed by atoms with Crippen LogP contribution in [-0.4, -0.2) is 27.7 Å². The smallest absolute Gasteiger partial charge is 0.337 e. The number of aromatic amines is 1. The number of benzene rings is 1. The number of anilines is 1. The molecule has 20 heavy (non-hydrogen) atoms. The molecule has 0 aliphatic carbocycles. The first-order valence-electron chi connectivity index (χ1n) is 6.56. The quantitative estimate of drug-likeness (QED) is 0.878. The molecule has 6 heteroatoms. The number of H-pyrrole nitrogens is 1. The standard InChI is InChI=1S/C14H18N4O2/c1-4-20-14-16-13(17-18-14)15-12(19)11-7-5-10(6-8-11)9(2)3/h5-9H,4H2,1-3H3,(H2,15,16,17,18,19). The fourth-order valence-electron chi connectivity index (χ4n) is 1.70. The third-order valence-corrected chi connectivity index (χ3v) is 2.81. The van der Waals surface area contributed by atoms with Crippen LogP contribution in [0.15, 0.2) is 24.3 Å². The van der Waals surface area contributed by atoms with Crippen molar-refractivity contribution in [2.24, 2.45) is 0 Å². The van der Waals surface area contributed by atoms with Gasteiger partial charge in [0.05, 0.1) is 6.61 Å². The highest BCUT2D eigenvalue weighted by molar-refractivity contribution is 6.03. The van der Waals surface area contributed by atoms with Crippen molar-refractivity contribution in [3.63, 3.8) is 0 Å². The van der Waals surface area contributed by atoms with Gasteiger partial charge in [-0.3, -0.25) is 10.1 Å². The Kier molecular flexibility index (Phi) is 4.34. The first-order valence-corrected chi connectivity index (χ1v) is 6.56. The highest BCUT2D eigenvalue weighted by atomic mass is 16.5. The maximum atomic E-state index is 12.0. The number of nitrogens with zero attached hydrogens (tertiary/aromatic N) is 2. The molecule has 2 N–H and O–H groups in total. The summed E-state index contributed by atoms with van der Waals surface area (Å²) < 4.78 is 5.11. The molecule has 0 aliphatic rings. The number of amides is 1. The number of carbonyl (C=O) groups excluding carboxylic acids is 1. The average molecular weight is 274 g/mol. The van der Waals surface area contributed by atoms with Gasteiger partial charge in [-0.1, -0.05) is 26.0 Å². The topological polar surface area (TPSA) is 79.9 Å². The van der Waals surface area contributed by atoms with Gasteiger partial charge >= 0.3 is 6.01 Å². The second kappa shape index (κ2) is 6.18. The van der Waals surface area contributed by atoms with Crippen molar-refractivity contribution in [1.29, 1.82) is 0 Å². The predicted molar refractivity (Wildman–Crippen MR) is 76.0 cm³/mol. The number of hydrogen-bond acceptors (Lipinski definition) is 4. The third kappa shape index (κ3) is 3.34. The fourth-order valence-corrected chi connectivity index (χ4v) is 1.70. The van der Waals surface area contributed by atoms with Gasteiger partial charge < -0.3 is 4.74 Å². The molecule has 0 saturated carbocycles. The molecule has 0 bridgehead atoms. The number of nitrogens with one attached hydrogen (secondary N) is 2. The minimum atomic E-state index is -0.237. The molecule has 0 spiro atoms. The molecule has 6 nitrogen and oxygen atoms in total. The zero-order valence-corrected chi connectivity index (χ0v) is 11.8. The van der Waals surface area contributed by atoms with Crippen LogP contribution in [0, 0.1) is 0 Å². The molecule has 1 amide bonds. The van der Waals surface area contributed by atoms with Gasteiger partial charge in [-0.2, -0.15) is 4.98 Å². The van der Waals surface area contributed by atoms with E-state index >= 15 is 0 Å². The molecule has 0 fully saturated rings. The van der Waals surface area contributed by atoms with Gasteiger partial charge in [0, 0.05) is 5.56 Å². The molecule has 0 saturated heterocycles. The Labute approximate surface area is 117 Å². The summed E-state index contributed by atoms with van der Waals surface area (Å²) >= 11 is 0. The second-order valence-electron chi connectivity index (χ2n) is 4.63. The Bertz CT molecular complexity index is 575. The summed E-state index contributed by atoms with van der Waals surface area (Å²) in [5.41, 5.74) is 1.77. The molecule has 0 aliphatic heterocycles. The molecule has 106 valence electrons. The lowest BCUT2D eigenvalue weighted by molar-refractivity contribution is 0.102. The average Bonchev–Trinajstić information content (AvgIpc) is 2.86. The molecular weight excluding hydrogens is 256 g/mol. The Morgan fingerprint density at radius 3 is 2.65 bits per heavy atom. The van der Waals surface area contributed by atoms with Crippen molar-refractivity contribution in [3.8, 4) is 6.01 Å². The number of hydrogen-bond donors (Lipinski definition) is 2. The summed E-state index contributed by atoms with van der Waals surface area (Å²) in [6.07, 6.45) is 0. The van der Waals surface area contributed by atoms with Gasteiger partial charge in [0.25, 0.3) is 5.91 Å². The van der Waals surface area contributed by atoms with E-state index in [1.165, 1.54) is 5.56 Å². The van der Waals surface area contributed by atoms with Crippen LogP contribution in [0.2, 0.25) is 0 Å². The van der Waals surface area contributed by atoms with Gasteiger partial charge in [0.1, 0.15) is 0 Å². The minimum absolute atomic E-state index is 0.220. The fraction of sp³-hybridized carbons (Fsp3) is 0.357. The minimum Gasteiger partial charge on any atom is -0.463 e. The van der Waals surface area contributed by atoms with Crippen molar-refractivity contribution >= 4 is 11.9 Å². The van der Waals surface area contributed by atoms with Crippen molar-refractivity contribution < 1.29 is 9.53 Å². The molecule has 1 heterocycles. The summed E-state index contributed by atoms with van der Waals surface area (Å²) in [7, 11) is 0. The normalized spacial score (nSPS) is 10.6. The molecule has 0 radical (unpaired) electrons. The van der Waals surface area contributed by atoms with Crippen LogP contribution in [-0.2, 0) is 0 Å². The highest BCUT2D eigenvalue weighted by Crippen LogP contribution is 2.15. The van der Waals surface area contributed by atoms with E-state index in [9.17, 15) is 4.79 Å². The summed E-state index contributed by atoms with van der Waals surface area (Å²) in [5.74, 6) is 0.473. The second-order valence-corrected chi connectivity index (χ2v) is 4.63. The molecule has 0 atom stereocenters. The van der Waals surface area contributed by atoms with E-state index < -0.39 is 0 Å². The third-order valence-electron chi connectivity index (χ3n) is 2.81. The summed E-state index contributed by atoms with van der Waals surface area (Å²) in [5, 5.41) is 9.06. The van der Waals surface area contributed by atoms with Gasteiger partial charge in [-0.05, 0) is 30.5 Å². The molecular formula is C14H18N4O2. The van der Waals surface area contributed by atoms with Gasteiger partial charge in [-0.25, -0.2) is 5.10 Å². The Morgan fingerprint density at radius 2 is 2.05 bits per heavy atom. The molecule has 0 unspecified atom stereocenters. The number of aromatic nitrogens is 3. The van der Waals surface area contributed by atoms with Crippen molar-refractivity contribution in [1.82, 2.24) is 15.2 Å². The lowest BCUT2D eigenvalue weighted by atomic mass is 10.0. The van der Waals surface area contributed by atoms with Crippen molar-refractivity contribution in [2.45, 2.75) is 26.7 Å². The van der Waals surface area contributed by atoms with Gasteiger partial charge in [-0.15, -0.1) is 5.10 Å². The van der Waals surface area contributed by atoms with E-state index in [-0.39, 0.29) is 17.9 Å². The van der Waals surface area contributed by atoms with E-state index in [2.05, 4.69) is 34.3 Å². The first kappa shape index (κ1) is 14.0. The molecule has 1 aromatic carbocycles. The largest absolute Gasteiger partial charge is 0.463 e. The van der Waals surface area contributed by atoms with E-state index in [0.29, 0.717) is 18.1 Å². The molecule has 1 aromatic heterocycles. The van der Waals surface area contributed by atoms with Crippen molar-refractivity contribution in [3.05, 3.63) is 35.4 Å². The van der Waals surface area contributed by atoms with Crippen LogP contribution in [0.1, 0.15) is 42.6 Å². The summed E-state index contributed by atoms with van der Waals surface area (Å²) in [4.78, 5) is 16.0. The van der Waals surface area contributed by atoms with Crippen LogP contribution in [0.5, 0.6) is 6.01 Å². The maximum absolute atomic E-state index is 12.0. The van der Waals surface area contributed by atoms with Crippen LogP contribution in [0.3, 0.4) is 0 Å². The summed E-state index contributed by atoms with van der Waals surface area (Å²) in [6, 6.07) is 7.71. The maximum Gasteiger partial charge on any atom is 0.337 e. The zero-order valence-electron chi connectivity index (χ0n) is 11.8. The summed E-state index contributed by atoms with van der Waals surface area (Å²) in [6.45, 7) is 6.53. The number of ether oxygens (including phenoxy) is 1. The number of carbonyl (C=O) groups is 1. The SMILES string of the molecule is CCOc1n[nH]c(NC(=O)c2ccc(C(C)C)cc2)n1. The lowest BCUT2D eigenvalue weighted by Crippen LogP contribution is -2.13. The van der Waals surface area contributed by atoms with E-state index in [1.54, 1.807) is 12.1 Å². The Hall–Kier alpha value is -2.37. The van der Waals surface area contributed by atoms with Crippen LogP contribution >= 0.6 is 0 Å². The van der Waals surface area contributed by atoms with Gasteiger partial charge in [0.2, 0.25) is 5.95 Å². The Morgan fingerprint density at radius 1 is 1.35 bits per heavy atom. The van der Waals surface area contributed by atoms with Crippen LogP contribution in [0.25, 0.3) is 0 Å². The van der Waals surface area contributed by atoms with Crippen LogP contribution < -0.4 is 10.1 Å². The lowest BCUT2D eigenvalue weighted by Gasteiger charge is -2.06. The molecule has 2 rings (SSSR count).